The molecule has 7 nitrogen and oxygen atoms in total. The maximum atomic E-state index is 13.1. The summed E-state index contributed by atoms with van der Waals surface area (Å²) in [4.78, 5) is 41.7. The van der Waals surface area contributed by atoms with Gasteiger partial charge in [-0.1, -0.05) is 17.7 Å². The van der Waals surface area contributed by atoms with Crippen molar-refractivity contribution in [2.75, 3.05) is 27.3 Å². The lowest BCUT2D eigenvalue weighted by molar-refractivity contribution is -0.135. The summed E-state index contributed by atoms with van der Waals surface area (Å²) in [6.45, 7) is 2.72. The zero-order chi connectivity index (χ0) is 24.2. The van der Waals surface area contributed by atoms with Gasteiger partial charge in [-0.05, 0) is 68.9 Å². The van der Waals surface area contributed by atoms with Crippen molar-refractivity contribution >= 4 is 17.7 Å². The number of fused-ring (bicyclic) bond motifs is 1. The quantitative estimate of drug-likeness (QED) is 0.552. The molecule has 1 fully saturated rings. The van der Waals surface area contributed by atoms with Crippen molar-refractivity contribution in [1.82, 2.24) is 9.80 Å². The van der Waals surface area contributed by atoms with Crippen molar-refractivity contribution < 1.29 is 23.9 Å². The van der Waals surface area contributed by atoms with E-state index in [1.807, 2.05) is 36.1 Å². The molecule has 1 saturated heterocycles. The van der Waals surface area contributed by atoms with Gasteiger partial charge in [-0.25, -0.2) is 0 Å². The van der Waals surface area contributed by atoms with Gasteiger partial charge in [-0.15, -0.1) is 0 Å². The number of methoxy groups -OCH3 is 2. The summed E-state index contributed by atoms with van der Waals surface area (Å²) in [5, 5.41) is 0. The lowest BCUT2D eigenvalue weighted by atomic mass is 9.95. The predicted molar refractivity (Wildman–Crippen MR) is 128 cm³/mol. The highest BCUT2D eigenvalue weighted by atomic mass is 16.5. The number of piperidine rings is 1. The number of aryl methyl sites for hydroxylation is 2. The molecule has 0 aromatic heterocycles. The van der Waals surface area contributed by atoms with E-state index < -0.39 is 0 Å². The molecule has 1 atom stereocenters. The summed E-state index contributed by atoms with van der Waals surface area (Å²) in [5.41, 5.74) is 2.93. The van der Waals surface area contributed by atoms with Gasteiger partial charge >= 0.3 is 0 Å². The fourth-order valence-corrected chi connectivity index (χ4v) is 4.96. The number of hydrogen-bond donors (Lipinski definition) is 0. The van der Waals surface area contributed by atoms with Gasteiger partial charge in [0.15, 0.2) is 11.5 Å². The average molecular weight is 465 g/mol. The molecule has 0 saturated carbocycles. The fraction of sp³-hybridized carbons (Fsp3) is 0.444. The molecule has 0 N–H and O–H groups in total. The van der Waals surface area contributed by atoms with Crippen LogP contribution in [0.4, 0.5) is 0 Å². The minimum atomic E-state index is -0.309. The molecule has 2 aliphatic heterocycles. The van der Waals surface area contributed by atoms with Gasteiger partial charge < -0.3 is 14.4 Å². The van der Waals surface area contributed by atoms with Crippen LogP contribution in [0.5, 0.6) is 11.5 Å². The molecule has 0 bridgehead atoms. The van der Waals surface area contributed by atoms with Gasteiger partial charge in [0.1, 0.15) is 0 Å². The summed E-state index contributed by atoms with van der Waals surface area (Å²) in [5.74, 6) is 0.790. The highest BCUT2D eigenvalue weighted by Gasteiger charge is 2.36. The molecule has 4 rings (SSSR count). The molecular weight excluding hydrogens is 432 g/mol. The van der Waals surface area contributed by atoms with Crippen molar-refractivity contribution in [3.63, 3.8) is 0 Å². The number of rotatable bonds is 8. The summed E-state index contributed by atoms with van der Waals surface area (Å²) in [6.07, 6.45) is 4.87. The molecule has 7 heteroatoms. The average Bonchev–Trinajstić information content (AvgIpc) is 3.09. The molecule has 180 valence electrons. The van der Waals surface area contributed by atoms with E-state index in [0.717, 1.165) is 49.8 Å². The van der Waals surface area contributed by atoms with Crippen LogP contribution in [0.15, 0.2) is 36.4 Å². The van der Waals surface area contributed by atoms with Gasteiger partial charge in [0.25, 0.3) is 11.8 Å². The van der Waals surface area contributed by atoms with Crippen LogP contribution in [0.25, 0.3) is 0 Å². The monoisotopic (exact) mass is 464 g/mol. The van der Waals surface area contributed by atoms with Gasteiger partial charge in [-0.3, -0.25) is 19.3 Å². The van der Waals surface area contributed by atoms with Crippen molar-refractivity contribution in [2.24, 2.45) is 0 Å². The minimum Gasteiger partial charge on any atom is -0.493 e. The lowest BCUT2D eigenvalue weighted by Crippen LogP contribution is -2.45. The Balaban J connectivity index is 1.36. The Bertz CT molecular complexity index is 1100. The number of nitrogens with zero attached hydrogens (tertiary/aromatic N) is 2. The van der Waals surface area contributed by atoms with E-state index in [1.54, 1.807) is 26.4 Å². The summed E-state index contributed by atoms with van der Waals surface area (Å²) in [7, 11) is 3.24. The van der Waals surface area contributed by atoms with E-state index in [-0.39, 0.29) is 36.7 Å². The topological polar surface area (TPSA) is 76.2 Å². The molecule has 34 heavy (non-hydrogen) atoms. The standard InChI is InChI=1S/C27H32N2O5/c1-18-7-11-21-22(16-18)27(32)29(26(21)31)15-13-25(30)28-14-5-4-6-20(28)10-8-19-9-12-23(33-2)24(17-19)34-3/h7,9,11-12,16-17,20H,4-6,8,10,13-15H2,1-3H3. The van der Waals surface area contributed by atoms with E-state index >= 15 is 0 Å². The molecule has 2 aromatic rings. The molecule has 2 heterocycles. The third-order valence-electron chi connectivity index (χ3n) is 6.84. The van der Waals surface area contributed by atoms with E-state index in [9.17, 15) is 14.4 Å². The SMILES string of the molecule is COc1ccc(CCC2CCCCN2C(=O)CCN2C(=O)c3ccc(C)cc3C2=O)cc1OC. The number of amides is 3. The first-order valence-corrected chi connectivity index (χ1v) is 11.9. The molecule has 1 unspecified atom stereocenters. The first-order chi connectivity index (χ1) is 16.4. The molecule has 0 aliphatic carbocycles. The van der Waals surface area contributed by atoms with Crippen molar-refractivity contribution in [3.8, 4) is 11.5 Å². The maximum absolute atomic E-state index is 13.1. The predicted octanol–water partition coefficient (Wildman–Crippen LogP) is 4.01. The number of likely N-dealkylation sites (tertiary alicyclic amines) is 1. The second kappa shape index (κ2) is 10.3. The van der Waals surface area contributed by atoms with Crippen LogP contribution in [-0.4, -0.2) is 60.9 Å². The first-order valence-electron chi connectivity index (χ1n) is 11.9. The number of carbonyl (C=O) groups excluding carboxylic acids is 3. The molecular formula is C27H32N2O5. The van der Waals surface area contributed by atoms with Crippen LogP contribution in [0.3, 0.4) is 0 Å². The Morgan fingerprint density at radius 2 is 1.74 bits per heavy atom. The van der Waals surface area contributed by atoms with E-state index in [0.29, 0.717) is 22.6 Å². The van der Waals surface area contributed by atoms with Crippen LogP contribution in [0.1, 0.15) is 63.9 Å². The molecule has 3 amide bonds. The second-order valence-corrected chi connectivity index (χ2v) is 9.03. The Kier molecular flexibility index (Phi) is 7.20. The smallest absolute Gasteiger partial charge is 0.261 e. The van der Waals surface area contributed by atoms with Crippen LogP contribution >= 0.6 is 0 Å². The molecule has 2 aromatic carbocycles. The first kappa shape index (κ1) is 23.8. The van der Waals surface area contributed by atoms with Gasteiger partial charge in [0, 0.05) is 25.6 Å². The largest absolute Gasteiger partial charge is 0.493 e. The van der Waals surface area contributed by atoms with E-state index in [2.05, 4.69) is 0 Å². The Morgan fingerprint density at radius 1 is 0.971 bits per heavy atom. The number of ether oxygens (including phenoxy) is 2. The Morgan fingerprint density at radius 3 is 2.50 bits per heavy atom. The van der Waals surface area contributed by atoms with Crippen molar-refractivity contribution in [2.45, 2.75) is 51.5 Å². The third kappa shape index (κ3) is 4.79. The fourth-order valence-electron chi connectivity index (χ4n) is 4.96. The van der Waals surface area contributed by atoms with Crippen LogP contribution in [0, 0.1) is 6.92 Å². The van der Waals surface area contributed by atoms with Gasteiger partial charge in [0.05, 0.1) is 25.3 Å². The maximum Gasteiger partial charge on any atom is 0.261 e. The summed E-state index contributed by atoms with van der Waals surface area (Å²) >= 11 is 0. The second-order valence-electron chi connectivity index (χ2n) is 9.03. The zero-order valence-electron chi connectivity index (χ0n) is 20.1. The molecule has 2 aliphatic rings. The number of hydrogen-bond acceptors (Lipinski definition) is 5. The summed E-state index contributed by atoms with van der Waals surface area (Å²) < 4.78 is 10.7. The van der Waals surface area contributed by atoms with E-state index in [1.165, 1.54) is 4.90 Å². The number of imide groups is 1. The highest BCUT2D eigenvalue weighted by Crippen LogP contribution is 2.30. The van der Waals surface area contributed by atoms with E-state index in [4.69, 9.17) is 9.47 Å². The van der Waals surface area contributed by atoms with Crippen LogP contribution < -0.4 is 9.47 Å². The number of benzene rings is 2. The Labute approximate surface area is 200 Å². The molecule has 0 spiro atoms. The Hall–Kier alpha value is -3.35. The molecule has 0 radical (unpaired) electrons. The zero-order valence-corrected chi connectivity index (χ0v) is 20.1. The highest BCUT2D eigenvalue weighted by molar-refractivity contribution is 6.21. The number of carbonyl (C=O) groups is 3. The lowest BCUT2D eigenvalue weighted by Gasteiger charge is -2.36. The third-order valence-corrected chi connectivity index (χ3v) is 6.84. The minimum absolute atomic E-state index is 0.00440. The van der Waals surface area contributed by atoms with Crippen LogP contribution in [0.2, 0.25) is 0 Å². The van der Waals surface area contributed by atoms with Crippen molar-refractivity contribution in [1.29, 1.82) is 0 Å². The van der Waals surface area contributed by atoms with Crippen molar-refractivity contribution in [3.05, 3.63) is 58.7 Å². The summed E-state index contributed by atoms with van der Waals surface area (Å²) in [6, 6.07) is 11.3. The van der Waals surface area contributed by atoms with Gasteiger partial charge in [0.2, 0.25) is 5.91 Å². The van der Waals surface area contributed by atoms with Gasteiger partial charge in [-0.2, -0.15) is 0 Å². The normalized spacial score (nSPS) is 17.7. The van der Waals surface area contributed by atoms with Crippen LogP contribution in [-0.2, 0) is 11.2 Å².